The lowest BCUT2D eigenvalue weighted by atomic mass is 10.1. The summed E-state index contributed by atoms with van der Waals surface area (Å²) in [5.74, 6) is 2.01. The number of hydrogen-bond donors (Lipinski definition) is 0. The molecule has 4 nitrogen and oxygen atoms in total. The first-order valence-electron chi connectivity index (χ1n) is 6.07. The molecule has 0 N–H and O–H groups in total. The van der Waals surface area contributed by atoms with E-state index in [-0.39, 0.29) is 0 Å². The molecule has 17 heavy (non-hydrogen) atoms. The Labute approximate surface area is 99.2 Å². The van der Waals surface area contributed by atoms with Crippen LogP contribution in [0.5, 0.6) is 5.75 Å². The second-order valence-corrected chi connectivity index (χ2v) is 4.71. The summed E-state index contributed by atoms with van der Waals surface area (Å²) in [7, 11) is 0. The predicted molar refractivity (Wildman–Crippen MR) is 62.9 cm³/mol. The van der Waals surface area contributed by atoms with Gasteiger partial charge in [-0.15, -0.1) is 10.2 Å². The molecule has 1 aliphatic heterocycles. The minimum Gasteiger partial charge on any atom is -0.493 e. The van der Waals surface area contributed by atoms with E-state index >= 15 is 0 Å². The van der Waals surface area contributed by atoms with Crippen LogP contribution in [-0.4, -0.2) is 21.4 Å². The number of ether oxygens (including phenoxy) is 1. The molecule has 0 radical (unpaired) electrons. The maximum atomic E-state index is 5.52. The van der Waals surface area contributed by atoms with E-state index in [9.17, 15) is 0 Å². The average molecular weight is 227 g/mol. The highest BCUT2D eigenvalue weighted by atomic mass is 16.5. The Kier molecular flexibility index (Phi) is 1.80. The van der Waals surface area contributed by atoms with Crippen molar-refractivity contribution in [3.05, 3.63) is 30.1 Å². The van der Waals surface area contributed by atoms with Crippen molar-refractivity contribution in [3.63, 3.8) is 0 Å². The fourth-order valence-electron chi connectivity index (χ4n) is 2.39. The van der Waals surface area contributed by atoms with Crippen LogP contribution in [-0.2, 0) is 6.42 Å². The van der Waals surface area contributed by atoms with E-state index in [1.54, 1.807) is 0 Å². The minimum atomic E-state index is 0.615. The topological polar surface area (TPSA) is 39.9 Å². The fourth-order valence-corrected chi connectivity index (χ4v) is 2.39. The van der Waals surface area contributed by atoms with E-state index in [2.05, 4.69) is 26.9 Å². The first kappa shape index (κ1) is 9.22. The van der Waals surface area contributed by atoms with Crippen molar-refractivity contribution in [2.45, 2.75) is 25.3 Å². The van der Waals surface area contributed by atoms with Gasteiger partial charge in [0, 0.05) is 18.0 Å². The van der Waals surface area contributed by atoms with Crippen LogP contribution in [0.15, 0.2) is 24.5 Å². The van der Waals surface area contributed by atoms with Gasteiger partial charge in [-0.3, -0.25) is 0 Å². The molecule has 0 unspecified atom stereocenters. The van der Waals surface area contributed by atoms with Gasteiger partial charge in [0.1, 0.15) is 12.1 Å². The zero-order chi connectivity index (χ0) is 11.2. The van der Waals surface area contributed by atoms with Gasteiger partial charge in [0.05, 0.1) is 6.61 Å². The van der Waals surface area contributed by atoms with Crippen molar-refractivity contribution < 1.29 is 4.74 Å². The van der Waals surface area contributed by atoms with Gasteiger partial charge in [-0.2, -0.15) is 0 Å². The summed E-state index contributed by atoms with van der Waals surface area (Å²) >= 11 is 0. The molecule has 2 heterocycles. The van der Waals surface area contributed by atoms with Gasteiger partial charge in [-0.25, -0.2) is 0 Å². The second-order valence-electron chi connectivity index (χ2n) is 4.71. The van der Waals surface area contributed by atoms with Gasteiger partial charge in [0.2, 0.25) is 0 Å². The molecular formula is C13H13N3O. The molecule has 1 aromatic heterocycles. The number of benzene rings is 1. The molecule has 0 atom stereocenters. The molecule has 1 fully saturated rings. The number of aromatic nitrogens is 3. The Balaban J connectivity index is 1.80. The molecule has 0 amide bonds. The van der Waals surface area contributed by atoms with Crippen LogP contribution in [0.25, 0.3) is 11.4 Å². The van der Waals surface area contributed by atoms with Gasteiger partial charge in [-0.1, -0.05) is 0 Å². The standard InChI is InChI=1S/C13H13N3O/c1-4-12-9(5-6-17-12)7-10(1)13-15-14-8-16(13)11-2-3-11/h1,4,7-8,11H,2-3,5-6H2. The summed E-state index contributed by atoms with van der Waals surface area (Å²) in [6.45, 7) is 0.800. The largest absolute Gasteiger partial charge is 0.493 e. The highest BCUT2D eigenvalue weighted by Gasteiger charge is 2.27. The van der Waals surface area contributed by atoms with Gasteiger partial charge < -0.3 is 9.30 Å². The predicted octanol–water partition coefficient (Wildman–Crippen LogP) is 2.21. The second kappa shape index (κ2) is 3.32. The number of nitrogens with zero attached hydrogens (tertiary/aromatic N) is 3. The van der Waals surface area contributed by atoms with Crippen LogP contribution < -0.4 is 4.74 Å². The summed E-state index contributed by atoms with van der Waals surface area (Å²) in [6.07, 6.45) is 5.34. The summed E-state index contributed by atoms with van der Waals surface area (Å²) in [5.41, 5.74) is 2.44. The van der Waals surface area contributed by atoms with Crippen LogP contribution in [0.3, 0.4) is 0 Å². The molecular weight excluding hydrogens is 214 g/mol. The van der Waals surface area contributed by atoms with E-state index in [1.807, 2.05) is 12.4 Å². The Morgan fingerprint density at radius 3 is 3.12 bits per heavy atom. The molecule has 2 aliphatic rings. The molecule has 4 heteroatoms. The number of rotatable bonds is 2. The van der Waals surface area contributed by atoms with Crippen LogP contribution in [0.1, 0.15) is 24.4 Å². The Morgan fingerprint density at radius 1 is 1.29 bits per heavy atom. The van der Waals surface area contributed by atoms with Gasteiger partial charge in [0.25, 0.3) is 0 Å². The lowest BCUT2D eigenvalue weighted by molar-refractivity contribution is 0.357. The van der Waals surface area contributed by atoms with Crippen LogP contribution in [0.2, 0.25) is 0 Å². The molecule has 1 aliphatic carbocycles. The third kappa shape index (κ3) is 1.44. The van der Waals surface area contributed by atoms with Gasteiger partial charge in [-0.05, 0) is 36.6 Å². The van der Waals surface area contributed by atoms with Crippen molar-refractivity contribution in [2.24, 2.45) is 0 Å². The molecule has 0 spiro atoms. The Hall–Kier alpha value is -1.84. The maximum absolute atomic E-state index is 5.52. The molecule has 0 saturated heterocycles. The molecule has 1 saturated carbocycles. The summed E-state index contributed by atoms with van der Waals surface area (Å²) < 4.78 is 7.71. The summed E-state index contributed by atoms with van der Waals surface area (Å²) in [6, 6.07) is 6.92. The third-order valence-electron chi connectivity index (χ3n) is 3.46. The molecule has 2 aromatic rings. The third-order valence-corrected chi connectivity index (χ3v) is 3.46. The van der Waals surface area contributed by atoms with E-state index in [0.29, 0.717) is 6.04 Å². The highest BCUT2D eigenvalue weighted by Crippen LogP contribution is 2.38. The lowest BCUT2D eigenvalue weighted by Crippen LogP contribution is -1.96. The van der Waals surface area contributed by atoms with Crippen molar-refractivity contribution in [3.8, 4) is 17.1 Å². The fraction of sp³-hybridized carbons (Fsp3) is 0.385. The SMILES string of the molecule is c1cc2c(cc1-c1nncn1C1CC1)CCO2. The normalized spacial score (nSPS) is 17.9. The van der Waals surface area contributed by atoms with E-state index in [4.69, 9.17) is 4.74 Å². The minimum absolute atomic E-state index is 0.615. The molecule has 86 valence electrons. The smallest absolute Gasteiger partial charge is 0.164 e. The zero-order valence-electron chi connectivity index (χ0n) is 9.47. The van der Waals surface area contributed by atoms with Crippen LogP contribution >= 0.6 is 0 Å². The van der Waals surface area contributed by atoms with E-state index in [0.717, 1.165) is 30.2 Å². The quantitative estimate of drug-likeness (QED) is 0.789. The Bertz CT molecular complexity index is 572. The van der Waals surface area contributed by atoms with E-state index < -0.39 is 0 Å². The first-order chi connectivity index (χ1) is 8.42. The highest BCUT2D eigenvalue weighted by molar-refractivity contribution is 5.59. The van der Waals surface area contributed by atoms with Crippen molar-refractivity contribution in [1.29, 1.82) is 0 Å². The number of fused-ring (bicyclic) bond motifs is 1. The summed E-state index contributed by atoms with van der Waals surface area (Å²) in [5, 5.41) is 8.28. The monoisotopic (exact) mass is 227 g/mol. The molecule has 1 aromatic carbocycles. The van der Waals surface area contributed by atoms with Crippen LogP contribution in [0, 0.1) is 0 Å². The number of hydrogen-bond acceptors (Lipinski definition) is 3. The Morgan fingerprint density at radius 2 is 2.24 bits per heavy atom. The maximum Gasteiger partial charge on any atom is 0.164 e. The molecule has 0 bridgehead atoms. The first-order valence-corrected chi connectivity index (χ1v) is 6.07. The zero-order valence-corrected chi connectivity index (χ0v) is 9.47. The summed E-state index contributed by atoms with van der Waals surface area (Å²) in [4.78, 5) is 0. The van der Waals surface area contributed by atoms with Crippen LogP contribution in [0.4, 0.5) is 0 Å². The van der Waals surface area contributed by atoms with E-state index in [1.165, 1.54) is 18.4 Å². The van der Waals surface area contributed by atoms with Crippen molar-refractivity contribution in [1.82, 2.24) is 14.8 Å². The lowest BCUT2D eigenvalue weighted by Gasteiger charge is -2.06. The average Bonchev–Trinajstić information content (AvgIpc) is 2.93. The molecule has 4 rings (SSSR count). The van der Waals surface area contributed by atoms with Gasteiger partial charge in [0.15, 0.2) is 5.82 Å². The van der Waals surface area contributed by atoms with Crippen molar-refractivity contribution >= 4 is 0 Å². The van der Waals surface area contributed by atoms with Gasteiger partial charge >= 0.3 is 0 Å². The van der Waals surface area contributed by atoms with Crippen molar-refractivity contribution in [2.75, 3.05) is 6.61 Å².